The molecule has 3 N–H and O–H groups in total. The minimum absolute atomic E-state index is 0.145. The minimum atomic E-state index is -1.31. The molecule has 0 radical (unpaired) electrons. The molecule has 0 fully saturated rings. The van der Waals surface area contributed by atoms with Gasteiger partial charge in [-0.25, -0.2) is 0 Å². The van der Waals surface area contributed by atoms with Crippen LogP contribution in [0, 0.1) is 0 Å². The quantitative estimate of drug-likeness (QED) is 0.553. The van der Waals surface area contributed by atoms with E-state index in [0.29, 0.717) is 11.3 Å². The summed E-state index contributed by atoms with van der Waals surface area (Å²) in [6, 6.07) is 9.59. The predicted molar refractivity (Wildman–Crippen MR) is 100 cm³/mol. The number of rotatable bonds is 5. The Labute approximate surface area is 157 Å². The summed E-state index contributed by atoms with van der Waals surface area (Å²) in [6.45, 7) is 3.07. The molecule has 2 atom stereocenters. The summed E-state index contributed by atoms with van der Waals surface area (Å²) in [5.74, 6) is 0.440. The van der Waals surface area contributed by atoms with E-state index in [4.69, 9.17) is 9.47 Å². The monoisotopic (exact) mass is 370 g/mol. The second kappa shape index (κ2) is 7.06. The van der Waals surface area contributed by atoms with Gasteiger partial charge in [0.1, 0.15) is 23.4 Å². The van der Waals surface area contributed by atoms with E-state index in [1.54, 1.807) is 30.3 Å². The van der Waals surface area contributed by atoms with Crippen LogP contribution in [0.4, 0.5) is 0 Å². The van der Waals surface area contributed by atoms with E-state index in [-0.39, 0.29) is 22.8 Å². The highest BCUT2D eigenvalue weighted by Crippen LogP contribution is 2.47. The average molecular weight is 370 g/mol. The normalized spacial score (nSPS) is 19.0. The van der Waals surface area contributed by atoms with Crippen molar-refractivity contribution in [1.29, 1.82) is 0 Å². The smallest absolute Gasteiger partial charge is 0.189 e. The summed E-state index contributed by atoms with van der Waals surface area (Å²) >= 11 is 0. The first-order valence-electron chi connectivity index (χ1n) is 8.52. The highest BCUT2D eigenvalue weighted by molar-refractivity contribution is 6.09. The Bertz CT molecular complexity index is 877. The number of hydrogen-bond donors (Lipinski definition) is 3. The Kier molecular flexibility index (Phi) is 4.95. The number of phenols is 1. The van der Waals surface area contributed by atoms with E-state index >= 15 is 0 Å². The molecular formula is C21H22O6. The van der Waals surface area contributed by atoms with Gasteiger partial charge in [-0.15, -0.1) is 0 Å². The van der Waals surface area contributed by atoms with E-state index in [1.807, 2.05) is 0 Å². The number of hydrogen-bond acceptors (Lipinski definition) is 6. The molecule has 2 aromatic carbocycles. The molecule has 1 heterocycles. The lowest BCUT2D eigenvalue weighted by Gasteiger charge is -2.27. The number of aliphatic hydroxyl groups is 2. The van der Waals surface area contributed by atoms with E-state index in [0.717, 1.165) is 5.56 Å². The molecule has 2 aromatic rings. The third-order valence-electron chi connectivity index (χ3n) is 4.49. The topological polar surface area (TPSA) is 96.2 Å². The molecule has 0 saturated heterocycles. The van der Waals surface area contributed by atoms with Gasteiger partial charge in [-0.1, -0.05) is 18.2 Å². The van der Waals surface area contributed by atoms with Gasteiger partial charge in [0, 0.05) is 0 Å². The number of ether oxygens (including phenoxy) is 2. The van der Waals surface area contributed by atoms with Crippen LogP contribution in [0.5, 0.6) is 17.2 Å². The first-order chi connectivity index (χ1) is 12.7. The summed E-state index contributed by atoms with van der Waals surface area (Å²) < 4.78 is 11.1. The highest BCUT2D eigenvalue weighted by atomic mass is 16.5. The molecule has 27 heavy (non-hydrogen) atoms. The van der Waals surface area contributed by atoms with Crippen LogP contribution < -0.4 is 9.47 Å². The highest BCUT2D eigenvalue weighted by Gasteiger charge is 2.45. The Morgan fingerprint density at radius 1 is 1.19 bits per heavy atom. The van der Waals surface area contributed by atoms with Gasteiger partial charge < -0.3 is 24.8 Å². The fourth-order valence-electron chi connectivity index (χ4n) is 3.08. The van der Waals surface area contributed by atoms with Crippen LogP contribution in [0.3, 0.4) is 0 Å². The van der Waals surface area contributed by atoms with Crippen LogP contribution in [0.1, 0.15) is 41.4 Å². The van der Waals surface area contributed by atoms with E-state index in [2.05, 4.69) is 0 Å². The number of carbonyl (C=O) groups excluding carboxylic acids is 1. The number of ketones is 1. The summed E-state index contributed by atoms with van der Waals surface area (Å²) in [5, 5.41) is 30.2. The third kappa shape index (κ3) is 3.67. The third-order valence-corrected chi connectivity index (χ3v) is 4.49. The number of allylic oxidation sites excluding steroid dienone is 1. The van der Waals surface area contributed by atoms with Crippen molar-refractivity contribution in [3.05, 3.63) is 59.2 Å². The number of methoxy groups -OCH3 is 1. The van der Waals surface area contributed by atoms with Gasteiger partial charge in [0.05, 0.1) is 23.8 Å². The van der Waals surface area contributed by atoms with Crippen molar-refractivity contribution >= 4 is 11.9 Å². The lowest BCUT2D eigenvalue weighted by Crippen LogP contribution is -2.41. The van der Waals surface area contributed by atoms with Crippen LogP contribution in [0.25, 0.3) is 6.08 Å². The Morgan fingerprint density at radius 3 is 2.44 bits per heavy atom. The van der Waals surface area contributed by atoms with Gasteiger partial charge in [-0.05, 0) is 49.8 Å². The number of phenolic OH excluding ortho intramolecular Hbond substituents is 1. The van der Waals surface area contributed by atoms with Gasteiger partial charge in [0.15, 0.2) is 11.9 Å². The number of aromatic hydroxyl groups is 1. The second-order valence-electron chi connectivity index (χ2n) is 6.98. The molecule has 0 saturated carbocycles. The number of fused-ring (bicyclic) bond motifs is 1. The molecule has 6 heteroatoms. The number of aliphatic hydroxyl groups excluding tert-OH is 1. The molecule has 3 rings (SSSR count). The van der Waals surface area contributed by atoms with Crippen LogP contribution >= 0.6 is 0 Å². The lowest BCUT2D eigenvalue weighted by atomic mass is 9.93. The van der Waals surface area contributed by atoms with Crippen LogP contribution in [-0.2, 0) is 0 Å². The van der Waals surface area contributed by atoms with Crippen molar-refractivity contribution in [3.63, 3.8) is 0 Å². The average Bonchev–Trinajstić information content (AvgIpc) is 2.98. The maximum atomic E-state index is 12.7. The van der Waals surface area contributed by atoms with Crippen LogP contribution in [0.2, 0.25) is 0 Å². The predicted octanol–water partition coefficient (Wildman–Crippen LogP) is 2.86. The first kappa shape index (κ1) is 18.9. The van der Waals surface area contributed by atoms with Gasteiger partial charge in [-0.2, -0.15) is 0 Å². The van der Waals surface area contributed by atoms with Gasteiger partial charge in [0.2, 0.25) is 0 Å². The molecule has 0 aromatic heterocycles. The van der Waals surface area contributed by atoms with Crippen molar-refractivity contribution in [2.75, 3.05) is 7.11 Å². The summed E-state index contributed by atoms with van der Waals surface area (Å²) in [6.07, 6.45) is 0.971. The SMILES string of the molecule is COc1ccc(C(=O)/C=C/c2ccc(O)cc2)c2c1C(O)C(C(C)(C)O)O2. The van der Waals surface area contributed by atoms with Gasteiger partial charge in [0.25, 0.3) is 0 Å². The molecule has 142 valence electrons. The molecule has 0 aliphatic carbocycles. The maximum absolute atomic E-state index is 12.7. The van der Waals surface area contributed by atoms with Crippen molar-refractivity contribution < 1.29 is 29.6 Å². The molecule has 0 bridgehead atoms. The van der Waals surface area contributed by atoms with Gasteiger partial charge >= 0.3 is 0 Å². The standard InChI is InChI=1S/C21H22O6/c1-21(2,25)20-18(24)17-16(26-3)11-9-14(19(17)27-20)15(23)10-6-12-4-7-13(22)8-5-12/h4-11,18,20,22,24-25H,1-3H3/b10-6+. The Morgan fingerprint density at radius 2 is 1.85 bits per heavy atom. The molecule has 0 amide bonds. The first-order valence-corrected chi connectivity index (χ1v) is 8.52. The molecule has 0 spiro atoms. The zero-order valence-electron chi connectivity index (χ0n) is 15.3. The zero-order valence-corrected chi connectivity index (χ0v) is 15.3. The Hall–Kier alpha value is -2.83. The molecular weight excluding hydrogens is 348 g/mol. The molecule has 2 unspecified atom stereocenters. The fraction of sp³-hybridized carbons (Fsp3) is 0.286. The fourth-order valence-corrected chi connectivity index (χ4v) is 3.08. The van der Waals surface area contributed by atoms with Crippen molar-refractivity contribution in [1.82, 2.24) is 0 Å². The zero-order chi connectivity index (χ0) is 19.8. The van der Waals surface area contributed by atoms with Crippen LogP contribution in [-0.4, -0.2) is 39.9 Å². The number of benzene rings is 2. The summed E-state index contributed by atoms with van der Waals surface area (Å²) in [7, 11) is 1.46. The Balaban J connectivity index is 1.96. The molecule has 6 nitrogen and oxygen atoms in total. The minimum Gasteiger partial charge on any atom is -0.508 e. The lowest BCUT2D eigenvalue weighted by molar-refractivity contribution is -0.0765. The number of carbonyl (C=O) groups is 1. The summed E-state index contributed by atoms with van der Waals surface area (Å²) in [4.78, 5) is 12.7. The second-order valence-corrected chi connectivity index (χ2v) is 6.98. The van der Waals surface area contributed by atoms with E-state index in [1.165, 1.54) is 39.2 Å². The van der Waals surface area contributed by atoms with Crippen molar-refractivity contribution in [2.24, 2.45) is 0 Å². The van der Waals surface area contributed by atoms with E-state index in [9.17, 15) is 20.1 Å². The molecule has 1 aliphatic rings. The van der Waals surface area contributed by atoms with Gasteiger partial charge in [-0.3, -0.25) is 4.79 Å². The summed E-state index contributed by atoms with van der Waals surface area (Å²) in [5.41, 5.74) is 0.0628. The van der Waals surface area contributed by atoms with Crippen molar-refractivity contribution in [3.8, 4) is 17.2 Å². The van der Waals surface area contributed by atoms with E-state index < -0.39 is 17.8 Å². The van der Waals surface area contributed by atoms with Crippen LogP contribution in [0.15, 0.2) is 42.5 Å². The van der Waals surface area contributed by atoms with Crippen molar-refractivity contribution in [2.45, 2.75) is 31.7 Å². The largest absolute Gasteiger partial charge is 0.508 e. The molecule has 1 aliphatic heterocycles. The maximum Gasteiger partial charge on any atom is 0.189 e.